The Morgan fingerprint density at radius 3 is 2.46 bits per heavy atom. The van der Waals surface area contributed by atoms with Gasteiger partial charge >= 0.3 is 0 Å². The molecule has 2 atom stereocenters. The molecule has 0 bridgehead atoms. The summed E-state index contributed by atoms with van der Waals surface area (Å²) in [7, 11) is 1.62. The second-order valence-electron chi connectivity index (χ2n) is 6.61. The summed E-state index contributed by atoms with van der Waals surface area (Å²) < 4.78 is 0. The fourth-order valence-corrected chi connectivity index (χ4v) is 3.69. The lowest BCUT2D eigenvalue weighted by Crippen LogP contribution is -2.42. The molecular formula is C19H23ClN4O2. The molecule has 1 aromatic heterocycles. The van der Waals surface area contributed by atoms with Gasteiger partial charge in [0.1, 0.15) is 0 Å². The van der Waals surface area contributed by atoms with Crippen LogP contribution < -0.4 is 10.6 Å². The average molecular weight is 375 g/mol. The Labute approximate surface area is 157 Å². The molecule has 3 N–H and O–H groups in total. The first-order chi connectivity index (χ1) is 12.6. The predicted molar refractivity (Wildman–Crippen MR) is 100 cm³/mol. The maximum atomic E-state index is 12.7. The molecule has 6 nitrogen and oxygen atoms in total. The predicted octanol–water partition coefficient (Wildman–Crippen LogP) is 2.90. The van der Waals surface area contributed by atoms with Crippen molar-refractivity contribution in [3.63, 3.8) is 0 Å². The number of benzene rings is 1. The van der Waals surface area contributed by atoms with Gasteiger partial charge in [0.05, 0.1) is 11.9 Å². The number of rotatable bonds is 5. The lowest BCUT2D eigenvalue weighted by atomic mass is 9.78. The summed E-state index contributed by atoms with van der Waals surface area (Å²) in [4.78, 5) is 24.7. The second kappa shape index (κ2) is 8.36. The molecule has 7 heteroatoms. The van der Waals surface area contributed by atoms with E-state index in [1.807, 2.05) is 24.3 Å². The Hall–Kier alpha value is -2.34. The van der Waals surface area contributed by atoms with E-state index in [2.05, 4.69) is 20.8 Å². The number of hydrogen-bond donors (Lipinski definition) is 3. The normalized spacial score (nSPS) is 19.8. The summed E-state index contributed by atoms with van der Waals surface area (Å²) in [6, 6.07) is 7.44. The molecule has 3 rings (SSSR count). The van der Waals surface area contributed by atoms with Gasteiger partial charge in [-0.3, -0.25) is 14.7 Å². The molecule has 0 spiro atoms. The monoisotopic (exact) mass is 374 g/mol. The molecule has 1 aromatic carbocycles. The van der Waals surface area contributed by atoms with Crippen LogP contribution in [0.15, 0.2) is 30.5 Å². The summed E-state index contributed by atoms with van der Waals surface area (Å²) in [5.74, 6) is -0.625. The number of carbonyl (C=O) groups excluding carboxylic acids is 2. The minimum atomic E-state index is -0.269. The van der Waals surface area contributed by atoms with Crippen LogP contribution >= 0.6 is 11.6 Å². The highest BCUT2D eigenvalue weighted by Crippen LogP contribution is 2.30. The maximum Gasteiger partial charge on any atom is 0.224 e. The molecule has 0 radical (unpaired) electrons. The molecular weight excluding hydrogens is 352 g/mol. The Morgan fingerprint density at radius 2 is 1.81 bits per heavy atom. The van der Waals surface area contributed by atoms with Crippen LogP contribution in [0.25, 0.3) is 11.3 Å². The first-order valence-corrected chi connectivity index (χ1v) is 9.25. The number of aromatic amines is 1. The molecule has 1 fully saturated rings. The Balaban J connectivity index is 1.67. The van der Waals surface area contributed by atoms with E-state index in [0.29, 0.717) is 11.6 Å². The number of H-pyrrole nitrogens is 1. The van der Waals surface area contributed by atoms with Crippen LogP contribution in [0.5, 0.6) is 0 Å². The molecule has 1 aliphatic carbocycles. The van der Waals surface area contributed by atoms with Crippen molar-refractivity contribution in [3.8, 4) is 11.3 Å². The average Bonchev–Trinajstić information content (AvgIpc) is 3.14. The van der Waals surface area contributed by atoms with E-state index in [-0.39, 0.29) is 23.7 Å². The number of nitrogens with zero attached hydrogens (tertiary/aromatic N) is 1. The smallest absolute Gasteiger partial charge is 0.224 e. The summed E-state index contributed by atoms with van der Waals surface area (Å²) in [6.07, 6.45) is 5.19. The highest BCUT2D eigenvalue weighted by molar-refractivity contribution is 6.30. The third kappa shape index (κ3) is 4.07. The molecule has 0 saturated heterocycles. The summed E-state index contributed by atoms with van der Waals surface area (Å²) >= 11 is 5.94. The van der Waals surface area contributed by atoms with Crippen molar-refractivity contribution in [1.29, 1.82) is 0 Å². The lowest BCUT2D eigenvalue weighted by molar-refractivity contribution is -0.136. The van der Waals surface area contributed by atoms with Gasteiger partial charge in [-0.25, -0.2) is 0 Å². The van der Waals surface area contributed by atoms with Gasteiger partial charge in [0.25, 0.3) is 0 Å². The molecule has 1 saturated carbocycles. The highest BCUT2D eigenvalue weighted by atomic mass is 35.5. The van der Waals surface area contributed by atoms with Crippen LogP contribution in [0.2, 0.25) is 5.02 Å². The van der Waals surface area contributed by atoms with Gasteiger partial charge in [0.15, 0.2) is 0 Å². The Kier molecular flexibility index (Phi) is 5.93. The first kappa shape index (κ1) is 18.5. The van der Waals surface area contributed by atoms with Crippen molar-refractivity contribution in [2.45, 2.75) is 32.2 Å². The molecule has 1 heterocycles. The van der Waals surface area contributed by atoms with Crippen LogP contribution in [-0.2, 0) is 16.1 Å². The minimum absolute atomic E-state index is 0.0463. The number of aromatic nitrogens is 2. The topological polar surface area (TPSA) is 86.9 Å². The number of amides is 2. The SMILES string of the molecule is CNC(=O)[C@@H]1CCCC[C@@H]1C(=O)NCc1cn[nH]c1-c1ccc(Cl)cc1. The van der Waals surface area contributed by atoms with Crippen molar-refractivity contribution in [2.24, 2.45) is 11.8 Å². The zero-order chi connectivity index (χ0) is 18.5. The quantitative estimate of drug-likeness (QED) is 0.752. The number of halogens is 1. The van der Waals surface area contributed by atoms with Crippen molar-refractivity contribution >= 4 is 23.4 Å². The summed E-state index contributed by atoms with van der Waals surface area (Å²) in [6.45, 7) is 0.365. The fraction of sp³-hybridized carbons (Fsp3) is 0.421. The van der Waals surface area contributed by atoms with E-state index in [4.69, 9.17) is 11.6 Å². The van der Waals surface area contributed by atoms with E-state index in [9.17, 15) is 9.59 Å². The largest absolute Gasteiger partial charge is 0.359 e. The maximum absolute atomic E-state index is 12.7. The second-order valence-corrected chi connectivity index (χ2v) is 7.04. The molecule has 2 aromatic rings. The Morgan fingerprint density at radius 1 is 1.15 bits per heavy atom. The number of nitrogens with one attached hydrogen (secondary N) is 3. The van der Waals surface area contributed by atoms with Crippen molar-refractivity contribution in [1.82, 2.24) is 20.8 Å². The van der Waals surface area contributed by atoms with E-state index in [1.165, 1.54) is 0 Å². The third-order valence-corrected chi connectivity index (χ3v) is 5.24. The molecule has 2 amide bonds. The molecule has 0 aliphatic heterocycles. The first-order valence-electron chi connectivity index (χ1n) is 8.87. The zero-order valence-electron chi connectivity index (χ0n) is 14.7. The van der Waals surface area contributed by atoms with Gasteiger partial charge < -0.3 is 10.6 Å². The molecule has 26 heavy (non-hydrogen) atoms. The van der Waals surface area contributed by atoms with Crippen LogP contribution in [0, 0.1) is 11.8 Å². The van der Waals surface area contributed by atoms with Gasteiger partial charge in [-0.2, -0.15) is 5.10 Å². The van der Waals surface area contributed by atoms with Gasteiger partial charge in [0, 0.05) is 36.0 Å². The highest BCUT2D eigenvalue weighted by Gasteiger charge is 2.35. The van der Waals surface area contributed by atoms with Crippen molar-refractivity contribution < 1.29 is 9.59 Å². The van der Waals surface area contributed by atoms with E-state index < -0.39 is 0 Å². The third-order valence-electron chi connectivity index (χ3n) is 4.99. The summed E-state index contributed by atoms with van der Waals surface area (Å²) in [5, 5.41) is 13.4. The van der Waals surface area contributed by atoms with Crippen LogP contribution in [0.3, 0.4) is 0 Å². The van der Waals surface area contributed by atoms with E-state index in [1.54, 1.807) is 13.2 Å². The number of carbonyl (C=O) groups is 2. The van der Waals surface area contributed by atoms with Gasteiger partial charge in [0.2, 0.25) is 11.8 Å². The molecule has 138 valence electrons. The Bertz CT molecular complexity index is 772. The van der Waals surface area contributed by atoms with E-state index >= 15 is 0 Å². The standard InChI is InChI=1S/C19H23ClN4O2/c1-21-18(25)15-4-2-3-5-16(15)19(26)22-10-13-11-23-24-17(13)12-6-8-14(20)9-7-12/h6-9,11,15-16H,2-5,10H2,1H3,(H,21,25)(H,22,26)(H,23,24)/t15-,16+/m1/s1. The van der Waals surface area contributed by atoms with Crippen molar-refractivity contribution in [2.75, 3.05) is 7.05 Å². The van der Waals surface area contributed by atoms with Crippen LogP contribution in [0.1, 0.15) is 31.2 Å². The van der Waals surface area contributed by atoms with Gasteiger partial charge in [-0.05, 0) is 30.5 Å². The van der Waals surface area contributed by atoms with Crippen LogP contribution in [-0.4, -0.2) is 29.1 Å². The van der Waals surface area contributed by atoms with E-state index in [0.717, 1.165) is 42.5 Å². The van der Waals surface area contributed by atoms with Crippen LogP contribution in [0.4, 0.5) is 0 Å². The molecule has 0 unspecified atom stereocenters. The fourth-order valence-electron chi connectivity index (χ4n) is 3.57. The van der Waals surface area contributed by atoms with Gasteiger partial charge in [-0.1, -0.05) is 36.6 Å². The van der Waals surface area contributed by atoms with Crippen molar-refractivity contribution in [3.05, 3.63) is 41.0 Å². The zero-order valence-corrected chi connectivity index (χ0v) is 15.5. The summed E-state index contributed by atoms with van der Waals surface area (Å²) in [5.41, 5.74) is 2.71. The minimum Gasteiger partial charge on any atom is -0.359 e. The molecule has 1 aliphatic rings. The number of hydrogen-bond acceptors (Lipinski definition) is 3. The lowest BCUT2D eigenvalue weighted by Gasteiger charge is -2.29. The van der Waals surface area contributed by atoms with Gasteiger partial charge in [-0.15, -0.1) is 0 Å².